The lowest BCUT2D eigenvalue weighted by molar-refractivity contribution is -0.276. The summed E-state index contributed by atoms with van der Waals surface area (Å²) in [7, 11) is 0. The van der Waals surface area contributed by atoms with Gasteiger partial charge in [0.15, 0.2) is 0 Å². The molecule has 1 aromatic rings. The number of hydrogen-bond acceptors (Lipinski definition) is 3. The number of ether oxygens (including phenoxy) is 1. The fourth-order valence-electron chi connectivity index (χ4n) is 0.987. The zero-order valence-corrected chi connectivity index (χ0v) is 10.6. The first-order chi connectivity index (χ1) is 7.39. The molecular formula is C8H6ClF3INO2. The number of aromatic nitrogens is 1. The number of hydrogen-bond donors (Lipinski definition) is 1. The molecule has 1 heterocycles. The molecule has 90 valence electrons. The number of aliphatic hydroxyl groups excluding tert-OH is 1. The summed E-state index contributed by atoms with van der Waals surface area (Å²) in [5.74, 6) is -0.543. The Morgan fingerprint density at radius 3 is 2.56 bits per heavy atom. The van der Waals surface area contributed by atoms with E-state index in [-0.39, 0.29) is 11.4 Å². The van der Waals surface area contributed by atoms with Crippen molar-refractivity contribution in [2.24, 2.45) is 0 Å². The molecule has 0 spiro atoms. The van der Waals surface area contributed by atoms with Gasteiger partial charge < -0.3 is 9.84 Å². The van der Waals surface area contributed by atoms with E-state index in [2.05, 4.69) is 9.72 Å². The average Bonchev–Trinajstić information content (AvgIpc) is 2.16. The highest BCUT2D eigenvalue weighted by molar-refractivity contribution is 14.1. The predicted molar refractivity (Wildman–Crippen MR) is 59.1 cm³/mol. The molecule has 0 saturated heterocycles. The number of pyridine rings is 1. The van der Waals surface area contributed by atoms with Crippen LogP contribution in [0.25, 0.3) is 0 Å². The van der Waals surface area contributed by atoms with Gasteiger partial charge in [0.25, 0.3) is 0 Å². The molecule has 1 rings (SSSR count). The molecule has 0 atom stereocenters. The van der Waals surface area contributed by atoms with Gasteiger partial charge in [0, 0.05) is 15.6 Å². The van der Waals surface area contributed by atoms with Gasteiger partial charge in [-0.25, -0.2) is 4.98 Å². The lowest BCUT2D eigenvalue weighted by atomic mass is 10.2. The van der Waals surface area contributed by atoms with Gasteiger partial charge in [-0.1, -0.05) is 0 Å². The number of aliphatic hydroxyl groups is 1. The Balaban J connectivity index is 3.16. The van der Waals surface area contributed by atoms with Crippen LogP contribution in [-0.4, -0.2) is 16.5 Å². The molecule has 1 aromatic heterocycles. The third kappa shape index (κ3) is 3.36. The van der Waals surface area contributed by atoms with Crippen LogP contribution in [0, 0.1) is 3.57 Å². The second kappa shape index (κ2) is 5.37. The number of halogens is 5. The summed E-state index contributed by atoms with van der Waals surface area (Å²) in [6, 6.07) is 0. The van der Waals surface area contributed by atoms with Gasteiger partial charge in [0.05, 0.1) is 12.2 Å². The number of nitrogens with zero attached hydrogens (tertiary/aromatic N) is 1. The lowest BCUT2D eigenvalue weighted by Crippen LogP contribution is -2.19. The van der Waals surface area contributed by atoms with E-state index in [1.54, 1.807) is 22.6 Å². The molecule has 0 fully saturated rings. The van der Waals surface area contributed by atoms with Crippen LogP contribution in [0.2, 0.25) is 0 Å². The van der Waals surface area contributed by atoms with Crippen molar-refractivity contribution in [1.29, 1.82) is 0 Å². The zero-order valence-electron chi connectivity index (χ0n) is 7.68. The molecule has 0 bridgehead atoms. The van der Waals surface area contributed by atoms with Crippen molar-refractivity contribution < 1.29 is 23.0 Å². The minimum absolute atomic E-state index is 0.0175. The molecule has 0 aromatic carbocycles. The Kier molecular flexibility index (Phi) is 4.62. The Morgan fingerprint density at radius 1 is 1.50 bits per heavy atom. The van der Waals surface area contributed by atoms with Crippen molar-refractivity contribution in [3.8, 4) is 5.88 Å². The zero-order chi connectivity index (χ0) is 12.3. The molecule has 16 heavy (non-hydrogen) atoms. The van der Waals surface area contributed by atoms with Crippen molar-refractivity contribution >= 4 is 34.2 Å². The standard InChI is InChI=1S/C8H6ClF3INO2/c9-1-4-2-14-7(16-8(10,11)12)5(3-15)6(4)13/h2,15H,1,3H2. The van der Waals surface area contributed by atoms with E-state index in [0.717, 1.165) is 0 Å². The Morgan fingerprint density at radius 2 is 2.12 bits per heavy atom. The maximum atomic E-state index is 12.0. The molecule has 0 unspecified atom stereocenters. The summed E-state index contributed by atoms with van der Waals surface area (Å²) >= 11 is 7.34. The summed E-state index contributed by atoms with van der Waals surface area (Å²) in [6.45, 7) is -0.596. The summed E-state index contributed by atoms with van der Waals surface area (Å²) in [4.78, 5) is 3.48. The molecular weight excluding hydrogens is 361 g/mol. The van der Waals surface area contributed by atoms with Crippen molar-refractivity contribution in [2.45, 2.75) is 18.8 Å². The first-order valence-corrected chi connectivity index (χ1v) is 5.59. The summed E-state index contributed by atoms with van der Waals surface area (Å²) in [5, 5.41) is 8.98. The van der Waals surface area contributed by atoms with Gasteiger partial charge in [-0.3, -0.25) is 0 Å². The molecule has 3 nitrogen and oxygen atoms in total. The second-order valence-corrected chi connectivity index (χ2v) is 4.07. The molecule has 0 saturated carbocycles. The highest BCUT2D eigenvalue weighted by atomic mass is 127. The van der Waals surface area contributed by atoms with Crippen LogP contribution in [0.5, 0.6) is 5.88 Å². The molecule has 0 aliphatic carbocycles. The van der Waals surface area contributed by atoms with Crippen LogP contribution in [0.15, 0.2) is 6.20 Å². The molecule has 0 amide bonds. The molecule has 0 aliphatic heterocycles. The maximum absolute atomic E-state index is 12.0. The maximum Gasteiger partial charge on any atom is 0.574 e. The third-order valence-corrected chi connectivity index (χ3v) is 3.29. The van der Waals surface area contributed by atoms with Gasteiger partial charge in [-0.05, 0) is 28.2 Å². The monoisotopic (exact) mass is 367 g/mol. The average molecular weight is 367 g/mol. The first kappa shape index (κ1) is 13.8. The summed E-state index contributed by atoms with van der Waals surface area (Å²) < 4.78 is 40.1. The molecule has 0 aliphatic rings. The van der Waals surface area contributed by atoms with Crippen LogP contribution in [0.4, 0.5) is 13.2 Å². The fourth-order valence-corrected chi connectivity index (χ4v) is 2.15. The first-order valence-electron chi connectivity index (χ1n) is 3.98. The highest BCUT2D eigenvalue weighted by Gasteiger charge is 2.33. The van der Waals surface area contributed by atoms with E-state index in [0.29, 0.717) is 9.13 Å². The second-order valence-electron chi connectivity index (χ2n) is 2.72. The largest absolute Gasteiger partial charge is 0.574 e. The third-order valence-electron chi connectivity index (χ3n) is 1.66. The SMILES string of the molecule is OCc1c(OC(F)(F)F)ncc(CCl)c1I. The molecule has 0 radical (unpaired) electrons. The van der Waals surface area contributed by atoms with E-state index >= 15 is 0 Å². The minimum Gasteiger partial charge on any atom is -0.391 e. The number of alkyl halides is 4. The van der Waals surface area contributed by atoms with Crippen LogP contribution < -0.4 is 4.74 Å². The van der Waals surface area contributed by atoms with Crippen molar-refractivity contribution in [1.82, 2.24) is 4.98 Å². The van der Waals surface area contributed by atoms with Gasteiger partial charge in [-0.2, -0.15) is 0 Å². The topological polar surface area (TPSA) is 42.4 Å². The summed E-state index contributed by atoms with van der Waals surface area (Å²) in [6.07, 6.45) is -3.64. The number of rotatable bonds is 3. The van der Waals surface area contributed by atoms with E-state index in [1.807, 2.05) is 0 Å². The summed E-state index contributed by atoms with van der Waals surface area (Å²) in [5.41, 5.74) is 0.525. The molecule has 1 N–H and O–H groups in total. The Hall–Kier alpha value is -0.280. The fraction of sp³-hybridized carbons (Fsp3) is 0.375. The normalized spacial score (nSPS) is 11.6. The van der Waals surface area contributed by atoms with E-state index in [4.69, 9.17) is 16.7 Å². The van der Waals surface area contributed by atoms with E-state index in [1.165, 1.54) is 6.20 Å². The van der Waals surface area contributed by atoms with Crippen LogP contribution in [0.3, 0.4) is 0 Å². The van der Waals surface area contributed by atoms with Crippen molar-refractivity contribution in [3.63, 3.8) is 0 Å². The highest BCUT2D eigenvalue weighted by Crippen LogP contribution is 2.29. The van der Waals surface area contributed by atoms with Crippen molar-refractivity contribution in [3.05, 3.63) is 20.9 Å². The van der Waals surface area contributed by atoms with Gasteiger partial charge in [0.2, 0.25) is 5.88 Å². The predicted octanol–water partition coefficient (Wildman–Crippen LogP) is 2.82. The smallest absolute Gasteiger partial charge is 0.391 e. The quantitative estimate of drug-likeness (QED) is 0.660. The van der Waals surface area contributed by atoms with Crippen molar-refractivity contribution in [2.75, 3.05) is 0 Å². The lowest BCUT2D eigenvalue weighted by Gasteiger charge is -2.13. The Bertz CT molecular complexity index is 386. The Labute approximate surface area is 108 Å². The molecule has 8 heteroatoms. The minimum atomic E-state index is -4.83. The van der Waals surface area contributed by atoms with Crippen LogP contribution in [0.1, 0.15) is 11.1 Å². The van der Waals surface area contributed by atoms with E-state index in [9.17, 15) is 13.2 Å². The van der Waals surface area contributed by atoms with Crippen LogP contribution >= 0.6 is 34.2 Å². The van der Waals surface area contributed by atoms with E-state index < -0.39 is 18.8 Å². The van der Waals surface area contributed by atoms with Gasteiger partial charge >= 0.3 is 6.36 Å². The van der Waals surface area contributed by atoms with Gasteiger partial charge in [-0.15, -0.1) is 24.8 Å². The van der Waals surface area contributed by atoms with Crippen LogP contribution in [-0.2, 0) is 12.5 Å². The van der Waals surface area contributed by atoms with Gasteiger partial charge in [0.1, 0.15) is 0 Å².